The Morgan fingerprint density at radius 1 is 1.38 bits per heavy atom. The largest absolute Gasteiger partial charge is 0.324 e. The van der Waals surface area contributed by atoms with Crippen LogP contribution in [0.3, 0.4) is 0 Å². The minimum absolute atomic E-state index is 0.170. The van der Waals surface area contributed by atoms with E-state index in [1.165, 1.54) is 0 Å². The maximum absolute atomic E-state index is 13.7. The summed E-state index contributed by atoms with van der Waals surface area (Å²) < 4.78 is 13.7. The lowest BCUT2D eigenvalue weighted by Gasteiger charge is -2.17. The second-order valence-electron chi connectivity index (χ2n) is 4.76. The standard InChI is InChI=1S/C14H22FN/c1-4-5-10(2)9-14(16)12-7-6-11(3)8-13(12)15/h6-8,10,14H,4-5,9,16H2,1-3H3. The molecule has 1 aromatic rings. The Morgan fingerprint density at radius 2 is 2.06 bits per heavy atom. The van der Waals surface area contributed by atoms with Gasteiger partial charge in [-0.25, -0.2) is 4.39 Å². The summed E-state index contributed by atoms with van der Waals surface area (Å²) in [5, 5.41) is 0. The highest BCUT2D eigenvalue weighted by molar-refractivity contribution is 5.25. The SMILES string of the molecule is CCCC(C)CC(N)c1ccc(C)cc1F. The molecule has 2 atom stereocenters. The molecule has 1 aromatic carbocycles. The highest BCUT2D eigenvalue weighted by Crippen LogP contribution is 2.24. The zero-order valence-corrected chi connectivity index (χ0v) is 10.5. The zero-order valence-electron chi connectivity index (χ0n) is 10.5. The van der Waals surface area contributed by atoms with Crippen LogP contribution in [0.15, 0.2) is 18.2 Å². The number of nitrogens with two attached hydrogens (primary N) is 1. The van der Waals surface area contributed by atoms with Crippen molar-refractivity contribution in [2.45, 2.75) is 46.1 Å². The van der Waals surface area contributed by atoms with Gasteiger partial charge in [0.2, 0.25) is 0 Å². The molecule has 0 radical (unpaired) electrons. The first kappa shape index (κ1) is 13.2. The van der Waals surface area contributed by atoms with Gasteiger partial charge in [-0.15, -0.1) is 0 Å². The molecule has 2 heteroatoms. The van der Waals surface area contributed by atoms with Crippen LogP contribution < -0.4 is 5.73 Å². The van der Waals surface area contributed by atoms with E-state index in [0.717, 1.165) is 24.8 Å². The molecule has 2 unspecified atom stereocenters. The molecule has 0 bridgehead atoms. The maximum Gasteiger partial charge on any atom is 0.128 e. The molecule has 0 fully saturated rings. The summed E-state index contributed by atoms with van der Waals surface area (Å²) >= 11 is 0. The average Bonchev–Trinajstić information content (AvgIpc) is 2.17. The second-order valence-corrected chi connectivity index (χ2v) is 4.76. The first-order valence-electron chi connectivity index (χ1n) is 6.06. The summed E-state index contributed by atoms with van der Waals surface area (Å²) in [6.07, 6.45) is 3.17. The quantitative estimate of drug-likeness (QED) is 0.803. The van der Waals surface area contributed by atoms with Gasteiger partial charge in [0.15, 0.2) is 0 Å². The van der Waals surface area contributed by atoms with Crippen molar-refractivity contribution in [1.82, 2.24) is 0 Å². The molecule has 0 aliphatic carbocycles. The second kappa shape index (κ2) is 6.00. The van der Waals surface area contributed by atoms with Crippen molar-refractivity contribution in [1.29, 1.82) is 0 Å². The Bertz CT molecular complexity index is 336. The van der Waals surface area contributed by atoms with Gasteiger partial charge in [-0.05, 0) is 30.9 Å². The van der Waals surface area contributed by atoms with Gasteiger partial charge in [-0.1, -0.05) is 38.8 Å². The summed E-state index contributed by atoms with van der Waals surface area (Å²) in [5.74, 6) is 0.386. The minimum Gasteiger partial charge on any atom is -0.324 e. The fourth-order valence-corrected chi connectivity index (χ4v) is 2.10. The van der Waals surface area contributed by atoms with Crippen LogP contribution in [0.4, 0.5) is 4.39 Å². The zero-order chi connectivity index (χ0) is 12.1. The van der Waals surface area contributed by atoms with Crippen LogP contribution >= 0.6 is 0 Å². The Balaban J connectivity index is 2.69. The van der Waals surface area contributed by atoms with E-state index in [2.05, 4.69) is 13.8 Å². The molecule has 1 rings (SSSR count). The molecule has 2 N–H and O–H groups in total. The molecule has 1 nitrogen and oxygen atoms in total. The van der Waals surface area contributed by atoms with E-state index in [-0.39, 0.29) is 11.9 Å². The predicted molar refractivity (Wildman–Crippen MR) is 66.8 cm³/mol. The molecule has 0 aliphatic rings. The molecule has 90 valence electrons. The highest BCUT2D eigenvalue weighted by Gasteiger charge is 2.14. The van der Waals surface area contributed by atoms with Crippen molar-refractivity contribution >= 4 is 0 Å². The molecule has 0 amide bonds. The Kier molecular flexibility index (Phi) is 4.94. The van der Waals surface area contributed by atoms with E-state index >= 15 is 0 Å². The molecule has 0 aromatic heterocycles. The number of hydrogen-bond donors (Lipinski definition) is 1. The van der Waals surface area contributed by atoms with Crippen molar-refractivity contribution in [3.8, 4) is 0 Å². The van der Waals surface area contributed by atoms with Crippen LogP contribution in [-0.2, 0) is 0 Å². The van der Waals surface area contributed by atoms with E-state index < -0.39 is 0 Å². The van der Waals surface area contributed by atoms with Gasteiger partial charge in [-0.3, -0.25) is 0 Å². The number of hydrogen-bond acceptors (Lipinski definition) is 1. The van der Waals surface area contributed by atoms with Crippen molar-refractivity contribution in [2.75, 3.05) is 0 Å². The molecule has 0 saturated carbocycles. The normalized spacial score (nSPS) is 14.8. The molecular weight excluding hydrogens is 201 g/mol. The summed E-state index contributed by atoms with van der Waals surface area (Å²) in [6.45, 7) is 6.22. The molecule has 16 heavy (non-hydrogen) atoms. The van der Waals surface area contributed by atoms with Crippen LogP contribution in [0.25, 0.3) is 0 Å². The maximum atomic E-state index is 13.7. The van der Waals surface area contributed by atoms with Crippen molar-refractivity contribution in [3.05, 3.63) is 35.1 Å². The molecular formula is C14H22FN. The Labute approximate surface area is 97.9 Å². The van der Waals surface area contributed by atoms with Crippen molar-refractivity contribution in [3.63, 3.8) is 0 Å². The lowest BCUT2D eigenvalue weighted by atomic mass is 9.93. The van der Waals surface area contributed by atoms with Crippen LogP contribution in [0.5, 0.6) is 0 Å². The van der Waals surface area contributed by atoms with Gasteiger partial charge >= 0.3 is 0 Å². The highest BCUT2D eigenvalue weighted by atomic mass is 19.1. The Hall–Kier alpha value is -0.890. The van der Waals surface area contributed by atoms with E-state index in [9.17, 15) is 4.39 Å². The number of aryl methyl sites for hydroxylation is 1. The van der Waals surface area contributed by atoms with Crippen LogP contribution in [0.1, 0.15) is 50.3 Å². The summed E-state index contributed by atoms with van der Waals surface area (Å²) in [7, 11) is 0. The first-order valence-corrected chi connectivity index (χ1v) is 6.06. The summed E-state index contributed by atoms with van der Waals surface area (Å²) in [5.41, 5.74) is 7.62. The van der Waals surface area contributed by atoms with Gasteiger partial charge in [-0.2, -0.15) is 0 Å². The van der Waals surface area contributed by atoms with E-state index in [4.69, 9.17) is 5.73 Å². The summed E-state index contributed by atoms with van der Waals surface area (Å²) in [4.78, 5) is 0. The third kappa shape index (κ3) is 3.60. The van der Waals surface area contributed by atoms with E-state index in [1.54, 1.807) is 6.07 Å². The Morgan fingerprint density at radius 3 is 2.62 bits per heavy atom. The number of halogens is 1. The number of benzene rings is 1. The molecule has 0 spiro atoms. The fourth-order valence-electron chi connectivity index (χ4n) is 2.10. The predicted octanol–water partition coefficient (Wildman–Crippen LogP) is 3.96. The molecule has 0 heterocycles. The van der Waals surface area contributed by atoms with E-state index in [1.807, 2.05) is 19.1 Å². The average molecular weight is 223 g/mol. The van der Waals surface area contributed by atoms with Crippen molar-refractivity contribution in [2.24, 2.45) is 11.7 Å². The lowest BCUT2D eigenvalue weighted by molar-refractivity contribution is 0.431. The topological polar surface area (TPSA) is 26.0 Å². The van der Waals surface area contributed by atoms with Crippen molar-refractivity contribution < 1.29 is 4.39 Å². The van der Waals surface area contributed by atoms with Gasteiger partial charge < -0.3 is 5.73 Å². The molecule has 0 saturated heterocycles. The summed E-state index contributed by atoms with van der Waals surface area (Å²) in [6, 6.07) is 5.11. The van der Waals surface area contributed by atoms with Crippen LogP contribution in [0, 0.1) is 18.7 Å². The van der Waals surface area contributed by atoms with Gasteiger partial charge in [0.1, 0.15) is 5.82 Å². The van der Waals surface area contributed by atoms with Gasteiger partial charge in [0.25, 0.3) is 0 Å². The third-order valence-electron chi connectivity index (χ3n) is 2.99. The third-order valence-corrected chi connectivity index (χ3v) is 2.99. The van der Waals surface area contributed by atoms with Gasteiger partial charge in [0, 0.05) is 11.6 Å². The van der Waals surface area contributed by atoms with Gasteiger partial charge in [0.05, 0.1) is 0 Å². The van der Waals surface area contributed by atoms with Crippen LogP contribution in [0.2, 0.25) is 0 Å². The lowest BCUT2D eigenvalue weighted by Crippen LogP contribution is -2.15. The monoisotopic (exact) mass is 223 g/mol. The van der Waals surface area contributed by atoms with E-state index in [0.29, 0.717) is 11.5 Å². The number of rotatable bonds is 5. The minimum atomic E-state index is -0.179. The smallest absolute Gasteiger partial charge is 0.128 e. The first-order chi connectivity index (χ1) is 7.54. The van der Waals surface area contributed by atoms with Crippen LogP contribution in [-0.4, -0.2) is 0 Å². The fraction of sp³-hybridized carbons (Fsp3) is 0.571. The molecule has 0 aliphatic heterocycles.